The molecule has 1 heterocycles. The van der Waals surface area contributed by atoms with Gasteiger partial charge in [0.25, 0.3) is 0 Å². The van der Waals surface area contributed by atoms with Gasteiger partial charge in [-0.1, -0.05) is 37.6 Å². The molecule has 0 fully saturated rings. The first-order chi connectivity index (χ1) is 12.5. The molecule has 0 amide bonds. The van der Waals surface area contributed by atoms with Crippen molar-refractivity contribution in [3.63, 3.8) is 0 Å². The van der Waals surface area contributed by atoms with Crippen LogP contribution in [0.5, 0.6) is 0 Å². The van der Waals surface area contributed by atoms with Crippen LogP contribution in [0.25, 0.3) is 0 Å². The molecule has 0 aliphatic rings. The fraction of sp³-hybridized carbons (Fsp3) is 0.591. The third kappa shape index (κ3) is 8.63. The van der Waals surface area contributed by atoms with Crippen molar-refractivity contribution in [3.05, 3.63) is 47.3 Å². The summed E-state index contributed by atoms with van der Waals surface area (Å²) in [5, 5.41) is 8.99. The Balaban J connectivity index is 0.00000301. The SMILES string of the molecule is C/C=C\C(=C/C)CCCCC(=O)c1ccc(CCC(N)CO)n1C.CC. The summed E-state index contributed by atoms with van der Waals surface area (Å²) in [5.41, 5.74) is 8.92. The second-order valence-electron chi connectivity index (χ2n) is 6.24. The van der Waals surface area contributed by atoms with Crippen molar-refractivity contribution in [2.75, 3.05) is 6.61 Å². The van der Waals surface area contributed by atoms with Crippen molar-refractivity contribution in [2.45, 2.75) is 72.3 Å². The standard InChI is InChI=1S/C20H32N2O2.C2H6/c1-4-8-16(5-2)9-6-7-10-20(24)19-14-13-18(22(19)3)12-11-17(21)15-23;1-2/h4-5,8,13-14,17,23H,6-7,9-12,15,21H2,1-3H3;1-2H3/b8-4-,16-5+;. The molecular weight excluding hydrogens is 324 g/mol. The summed E-state index contributed by atoms with van der Waals surface area (Å²) >= 11 is 0. The Hall–Kier alpha value is -1.65. The Morgan fingerprint density at radius 2 is 1.88 bits per heavy atom. The number of nitrogens with zero attached hydrogens (tertiary/aromatic N) is 1. The number of Topliss-reactive ketones (excluding diaryl/α,β-unsaturated/α-hetero) is 1. The molecular formula is C22H38N2O2. The van der Waals surface area contributed by atoms with Crippen LogP contribution in [-0.2, 0) is 13.5 Å². The number of carbonyl (C=O) groups excluding carboxylic acids is 1. The molecule has 0 aliphatic carbocycles. The first kappa shape index (κ1) is 24.4. The van der Waals surface area contributed by atoms with E-state index in [1.54, 1.807) is 0 Å². The molecule has 1 aromatic rings. The van der Waals surface area contributed by atoms with Crippen LogP contribution in [0.1, 0.15) is 76.0 Å². The zero-order valence-electron chi connectivity index (χ0n) is 17.3. The summed E-state index contributed by atoms with van der Waals surface area (Å²) in [5.74, 6) is 0.197. The van der Waals surface area contributed by atoms with Gasteiger partial charge in [0.1, 0.15) is 0 Å². The van der Waals surface area contributed by atoms with Gasteiger partial charge in [0.15, 0.2) is 5.78 Å². The van der Waals surface area contributed by atoms with Crippen molar-refractivity contribution in [3.8, 4) is 0 Å². The van der Waals surface area contributed by atoms with Crippen LogP contribution in [0.4, 0.5) is 0 Å². The molecule has 1 aromatic heterocycles. The number of unbranched alkanes of at least 4 members (excludes halogenated alkanes) is 1. The Kier molecular flexibility index (Phi) is 13.6. The highest BCUT2D eigenvalue weighted by molar-refractivity contribution is 5.94. The summed E-state index contributed by atoms with van der Waals surface area (Å²) in [6.45, 7) is 8.07. The number of aryl methyl sites for hydroxylation is 1. The molecule has 0 saturated carbocycles. The van der Waals surface area contributed by atoms with Crippen molar-refractivity contribution in [1.82, 2.24) is 4.57 Å². The molecule has 1 atom stereocenters. The lowest BCUT2D eigenvalue weighted by Crippen LogP contribution is -2.25. The minimum absolute atomic E-state index is 0.00236. The maximum atomic E-state index is 12.4. The van der Waals surface area contributed by atoms with E-state index in [2.05, 4.69) is 25.2 Å². The molecule has 4 nitrogen and oxygen atoms in total. The Bertz CT molecular complexity index is 571. The van der Waals surface area contributed by atoms with Gasteiger partial charge in [-0.15, -0.1) is 0 Å². The van der Waals surface area contributed by atoms with Crippen LogP contribution in [0.3, 0.4) is 0 Å². The average Bonchev–Trinajstić information content (AvgIpc) is 3.04. The number of aliphatic hydroxyl groups is 1. The van der Waals surface area contributed by atoms with E-state index >= 15 is 0 Å². The predicted octanol–water partition coefficient (Wildman–Crippen LogP) is 4.57. The topological polar surface area (TPSA) is 68.2 Å². The van der Waals surface area contributed by atoms with E-state index in [9.17, 15) is 4.79 Å². The largest absolute Gasteiger partial charge is 0.395 e. The first-order valence-corrected chi connectivity index (χ1v) is 9.85. The fourth-order valence-electron chi connectivity index (χ4n) is 2.79. The molecule has 3 N–H and O–H groups in total. The maximum absolute atomic E-state index is 12.4. The number of nitrogens with two attached hydrogens (primary N) is 1. The summed E-state index contributed by atoms with van der Waals surface area (Å²) in [6, 6.07) is 3.69. The van der Waals surface area contributed by atoms with E-state index in [1.807, 2.05) is 44.5 Å². The van der Waals surface area contributed by atoms with Crippen LogP contribution in [0, 0.1) is 0 Å². The highest BCUT2D eigenvalue weighted by atomic mass is 16.3. The third-order valence-electron chi connectivity index (χ3n) is 4.39. The molecule has 0 aliphatic heterocycles. The van der Waals surface area contributed by atoms with E-state index in [4.69, 9.17) is 10.8 Å². The average molecular weight is 363 g/mol. The Morgan fingerprint density at radius 3 is 2.46 bits per heavy atom. The van der Waals surface area contributed by atoms with Gasteiger partial charge in [0.2, 0.25) is 0 Å². The number of ketones is 1. The highest BCUT2D eigenvalue weighted by Gasteiger charge is 2.13. The zero-order valence-corrected chi connectivity index (χ0v) is 17.3. The van der Waals surface area contributed by atoms with E-state index in [-0.39, 0.29) is 18.4 Å². The molecule has 0 radical (unpaired) electrons. The number of carbonyl (C=O) groups is 1. The first-order valence-electron chi connectivity index (χ1n) is 9.85. The number of hydrogen-bond acceptors (Lipinski definition) is 3. The van der Waals surface area contributed by atoms with Crippen LogP contribution >= 0.6 is 0 Å². The number of hydrogen-bond donors (Lipinski definition) is 2. The van der Waals surface area contributed by atoms with Gasteiger partial charge in [0.05, 0.1) is 12.3 Å². The number of aromatic nitrogens is 1. The van der Waals surface area contributed by atoms with Crippen LogP contribution in [0.2, 0.25) is 0 Å². The van der Waals surface area contributed by atoms with Gasteiger partial charge in [0, 0.05) is 25.2 Å². The molecule has 1 unspecified atom stereocenters. The quantitative estimate of drug-likeness (QED) is 0.344. The lowest BCUT2D eigenvalue weighted by molar-refractivity contribution is 0.0971. The van der Waals surface area contributed by atoms with Gasteiger partial charge in [-0.25, -0.2) is 0 Å². The summed E-state index contributed by atoms with van der Waals surface area (Å²) in [7, 11) is 1.93. The summed E-state index contributed by atoms with van der Waals surface area (Å²) in [4.78, 5) is 12.4. The molecule has 0 saturated heterocycles. The lowest BCUT2D eigenvalue weighted by atomic mass is 10.0. The molecule has 0 spiro atoms. The fourth-order valence-corrected chi connectivity index (χ4v) is 2.79. The van der Waals surface area contributed by atoms with Crippen LogP contribution < -0.4 is 5.73 Å². The Morgan fingerprint density at radius 1 is 1.23 bits per heavy atom. The monoisotopic (exact) mass is 362 g/mol. The minimum atomic E-state index is -0.197. The van der Waals surface area contributed by atoms with E-state index in [0.717, 1.165) is 43.5 Å². The predicted molar refractivity (Wildman–Crippen MR) is 112 cm³/mol. The lowest BCUT2D eigenvalue weighted by Gasteiger charge is -2.10. The van der Waals surface area contributed by atoms with E-state index in [1.165, 1.54) is 5.57 Å². The van der Waals surface area contributed by atoms with Gasteiger partial charge in [-0.3, -0.25) is 4.79 Å². The number of allylic oxidation sites excluding steroid dienone is 4. The number of aliphatic hydroxyl groups excluding tert-OH is 1. The van der Waals surface area contributed by atoms with Gasteiger partial charge < -0.3 is 15.4 Å². The normalized spacial score (nSPS) is 12.8. The van der Waals surface area contributed by atoms with Gasteiger partial charge in [-0.2, -0.15) is 0 Å². The molecule has 0 bridgehead atoms. The molecule has 0 aromatic carbocycles. The van der Waals surface area contributed by atoms with Crippen molar-refractivity contribution in [1.29, 1.82) is 0 Å². The third-order valence-corrected chi connectivity index (χ3v) is 4.39. The second kappa shape index (κ2) is 14.5. The maximum Gasteiger partial charge on any atom is 0.179 e. The molecule has 26 heavy (non-hydrogen) atoms. The van der Waals surface area contributed by atoms with Gasteiger partial charge >= 0.3 is 0 Å². The van der Waals surface area contributed by atoms with Crippen molar-refractivity contribution < 1.29 is 9.90 Å². The molecule has 1 rings (SSSR count). The summed E-state index contributed by atoms with van der Waals surface area (Å²) < 4.78 is 1.96. The summed E-state index contributed by atoms with van der Waals surface area (Å²) in [6.07, 6.45) is 11.3. The van der Waals surface area contributed by atoms with E-state index < -0.39 is 0 Å². The smallest absolute Gasteiger partial charge is 0.179 e. The van der Waals surface area contributed by atoms with Crippen LogP contribution in [0.15, 0.2) is 35.9 Å². The molecule has 148 valence electrons. The van der Waals surface area contributed by atoms with Gasteiger partial charge in [-0.05, 0) is 58.1 Å². The highest BCUT2D eigenvalue weighted by Crippen LogP contribution is 2.15. The minimum Gasteiger partial charge on any atom is -0.395 e. The van der Waals surface area contributed by atoms with E-state index in [0.29, 0.717) is 6.42 Å². The van der Waals surface area contributed by atoms with Crippen LogP contribution in [-0.4, -0.2) is 28.1 Å². The number of rotatable bonds is 11. The van der Waals surface area contributed by atoms with Crippen molar-refractivity contribution >= 4 is 5.78 Å². The molecule has 4 heteroatoms. The zero-order chi connectivity index (χ0) is 19.9. The Labute approximate surface area is 159 Å². The second-order valence-corrected chi connectivity index (χ2v) is 6.24. The van der Waals surface area contributed by atoms with Crippen molar-refractivity contribution in [2.24, 2.45) is 12.8 Å².